The van der Waals surface area contributed by atoms with E-state index < -0.39 is 0 Å². The highest BCUT2D eigenvalue weighted by molar-refractivity contribution is 6.23. The average molecular weight is 309 g/mol. The first-order valence-electron chi connectivity index (χ1n) is 8.54. The highest BCUT2D eigenvalue weighted by atomic mass is 16.2. The maximum atomic E-state index is 13.3. The van der Waals surface area contributed by atoms with Crippen LogP contribution in [-0.4, -0.2) is 11.8 Å². The van der Waals surface area contributed by atoms with Gasteiger partial charge >= 0.3 is 0 Å². The fourth-order valence-corrected chi connectivity index (χ4v) is 5.06. The molecule has 2 fully saturated rings. The molecule has 3 aliphatic carbocycles. The Bertz CT molecular complexity index is 708. The number of allylic oxidation sites excluding steroid dienone is 2. The maximum absolute atomic E-state index is 13.3. The van der Waals surface area contributed by atoms with Gasteiger partial charge in [-0.05, 0) is 36.3 Å². The lowest BCUT2D eigenvalue weighted by molar-refractivity contribution is -0.135. The van der Waals surface area contributed by atoms with E-state index in [9.17, 15) is 9.59 Å². The van der Waals surface area contributed by atoms with Gasteiger partial charge in [0.15, 0.2) is 0 Å². The first kappa shape index (κ1) is 14.7. The van der Waals surface area contributed by atoms with Crippen molar-refractivity contribution in [1.29, 1.82) is 0 Å². The molecule has 2 amide bonds. The van der Waals surface area contributed by atoms with Crippen LogP contribution < -0.4 is 4.90 Å². The average Bonchev–Trinajstić information content (AvgIpc) is 2.83. The van der Waals surface area contributed by atoms with Gasteiger partial charge in [-0.15, -0.1) is 0 Å². The van der Waals surface area contributed by atoms with Gasteiger partial charge in [0.25, 0.3) is 0 Å². The van der Waals surface area contributed by atoms with Gasteiger partial charge in [-0.25, -0.2) is 0 Å². The summed E-state index contributed by atoms with van der Waals surface area (Å²) in [6.07, 6.45) is 6.46. The zero-order valence-corrected chi connectivity index (χ0v) is 14.0. The van der Waals surface area contributed by atoms with Crippen molar-refractivity contribution in [2.24, 2.45) is 28.6 Å². The van der Waals surface area contributed by atoms with Crippen LogP contribution in [0.4, 0.5) is 5.69 Å². The maximum Gasteiger partial charge on any atom is 0.238 e. The number of carbonyl (C=O) groups is 2. The number of imide groups is 1. The smallest absolute Gasteiger partial charge is 0.238 e. The molecule has 5 rings (SSSR count). The van der Waals surface area contributed by atoms with Crippen LogP contribution in [0.15, 0.2) is 42.5 Å². The first-order valence-corrected chi connectivity index (χ1v) is 8.54. The molecule has 1 heterocycles. The number of carbonyl (C=O) groups excluding carboxylic acids is 2. The molecule has 4 aliphatic rings. The second-order valence-corrected chi connectivity index (χ2v) is 7.91. The van der Waals surface area contributed by atoms with Crippen molar-refractivity contribution in [2.75, 3.05) is 4.90 Å². The van der Waals surface area contributed by atoms with E-state index in [1.165, 1.54) is 4.90 Å². The van der Waals surface area contributed by atoms with Crippen molar-refractivity contribution in [1.82, 2.24) is 0 Å². The van der Waals surface area contributed by atoms with E-state index in [4.69, 9.17) is 0 Å². The molecule has 1 aromatic rings. The summed E-state index contributed by atoms with van der Waals surface area (Å²) in [5.41, 5.74) is 0.356. The van der Waals surface area contributed by atoms with E-state index >= 15 is 0 Å². The normalized spacial score (nSPS) is 38.5. The van der Waals surface area contributed by atoms with Gasteiger partial charge in [-0.2, -0.15) is 0 Å². The highest BCUT2D eigenvalue weighted by Crippen LogP contribution is 2.64. The third-order valence-corrected chi connectivity index (χ3v) is 6.56. The summed E-state index contributed by atoms with van der Waals surface area (Å²) in [6.45, 7) is 6.50. The molecular weight excluding hydrogens is 286 g/mol. The summed E-state index contributed by atoms with van der Waals surface area (Å²) in [5, 5.41) is 0. The van der Waals surface area contributed by atoms with Crippen molar-refractivity contribution >= 4 is 17.5 Å². The quantitative estimate of drug-likeness (QED) is 0.615. The van der Waals surface area contributed by atoms with Crippen LogP contribution in [0.3, 0.4) is 0 Å². The van der Waals surface area contributed by atoms with Crippen LogP contribution in [0.5, 0.6) is 0 Å². The molecule has 1 aromatic carbocycles. The number of benzene rings is 1. The van der Waals surface area contributed by atoms with Crippen LogP contribution in [0.2, 0.25) is 0 Å². The van der Waals surface area contributed by atoms with Crippen LogP contribution >= 0.6 is 0 Å². The molecule has 3 heteroatoms. The molecule has 0 unspecified atom stereocenters. The van der Waals surface area contributed by atoms with E-state index in [1.54, 1.807) is 0 Å². The lowest BCUT2D eigenvalue weighted by Crippen LogP contribution is -2.53. The molecule has 0 radical (unpaired) electrons. The zero-order chi connectivity index (χ0) is 16.4. The van der Waals surface area contributed by atoms with Crippen molar-refractivity contribution in [3.8, 4) is 0 Å². The fraction of sp³-hybridized carbons (Fsp3) is 0.500. The standard InChI is InChI=1S/C20H23NO2/c1-13(2)20-11-9-19(3,10-12-20)15-16(20)18(23)21(17(15)22)14-7-5-4-6-8-14/h4-9,11,13,15-16H,10,12H2,1-3H3/t15-,16+,19-,20+/m0/s1. The second kappa shape index (κ2) is 4.56. The first-order chi connectivity index (χ1) is 10.9. The van der Waals surface area contributed by atoms with Crippen LogP contribution in [0.25, 0.3) is 0 Å². The van der Waals surface area contributed by atoms with Crippen molar-refractivity contribution in [3.63, 3.8) is 0 Å². The molecule has 120 valence electrons. The third-order valence-electron chi connectivity index (χ3n) is 6.56. The monoisotopic (exact) mass is 309 g/mol. The third kappa shape index (κ3) is 1.71. The Hall–Kier alpha value is -1.90. The summed E-state index contributed by atoms with van der Waals surface area (Å²) in [6, 6.07) is 9.37. The number of para-hydroxylation sites is 1. The summed E-state index contributed by atoms with van der Waals surface area (Å²) >= 11 is 0. The molecule has 4 atom stereocenters. The molecule has 23 heavy (non-hydrogen) atoms. The molecular formula is C20H23NO2. The summed E-state index contributed by atoms with van der Waals surface area (Å²) < 4.78 is 0. The molecule has 2 bridgehead atoms. The van der Waals surface area contributed by atoms with Crippen molar-refractivity contribution in [3.05, 3.63) is 42.5 Å². The molecule has 1 saturated heterocycles. The zero-order valence-electron chi connectivity index (χ0n) is 14.0. The van der Waals surface area contributed by atoms with E-state index in [1.807, 2.05) is 30.3 Å². The predicted molar refractivity (Wildman–Crippen MR) is 89.7 cm³/mol. The minimum absolute atomic E-state index is 0.00447. The molecule has 1 saturated carbocycles. The van der Waals surface area contributed by atoms with Gasteiger partial charge in [0.2, 0.25) is 11.8 Å². The van der Waals surface area contributed by atoms with Crippen LogP contribution in [0.1, 0.15) is 33.6 Å². The summed E-state index contributed by atoms with van der Waals surface area (Å²) in [7, 11) is 0. The minimum Gasteiger partial charge on any atom is -0.274 e. The van der Waals surface area contributed by atoms with E-state index in [0.29, 0.717) is 11.6 Å². The van der Waals surface area contributed by atoms with E-state index in [2.05, 4.69) is 32.9 Å². The number of rotatable bonds is 2. The number of anilines is 1. The number of nitrogens with zero attached hydrogens (tertiary/aromatic N) is 1. The molecule has 0 N–H and O–H groups in total. The lowest BCUT2D eigenvalue weighted by Gasteiger charge is -2.55. The summed E-state index contributed by atoms with van der Waals surface area (Å²) in [5.74, 6) is -0.0863. The Morgan fingerprint density at radius 3 is 2.22 bits per heavy atom. The van der Waals surface area contributed by atoms with Crippen LogP contribution in [-0.2, 0) is 9.59 Å². The fourth-order valence-electron chi connectivity index (χ4n) is 5.06. The SMILES string of the molecule is CC(C)[C@@]12C=C[C@@](C)(CC1)[C@@H]1C(=O)N(c3ccccc3)C(=O)[C@@H]12. The van der Waals surface area contributed by atoms with Gasteiger partial charge in [-0.1, -0.05) is 51.1 Å². The molecule has 3 nitrogen and oxygen atoms in total. The molecule has 0 spiro atoms. The van der Waals surface area contributed by atoms with Gasteiger partial charge in [-0.3, -0.25) is 14.5 Å². The Morgan fingerprint density at radius 1 is 1.00 bits per heavy atom. The van der Waals surface area contributed by atoms with Gasteiger partial charge < -0.3 is 0 Å². The van der Waals surface area contributed by atoms with Gasteiger partial charge in [0.05, 0.1) is 17.5 Å². The number of hydrogen-bond acceptors (Lipinski definition) is 2. The Labute approximate surface area is 137 Å². The van der Waals surface area contributed by atoms with Crippen LogP contribution in [0, 0.1) is 28.6 Å². The topological polar surface area (TPSA) is 37.4 Å². The minimum atomic E-state index is -0.212. The second-order valence-electron chi connectivity index (χ2n) is 7.91. The summed E-state index contributed by atoms with van der Waals surface area (Å²) in [4.78, 5) is 27.9. The number of amides is 2. The Morgan fingerprint density at radius 2 is 1.65 bits per heavy atom. The largest absolute Gasteiger partial charge is 0.274 e. The van der Waals surface area contributed by atoms with Crippen molar-refractivity contribution in [2.45, 2.75) is 33.6 Å². The van der Waals surface area contributed by atoms with E-state index in [-0.39, 0.29) is 34.5 Å². The van der Waals surface area contributed by atoms with Gasteiger partial charge in [0.1, 0.15) is 0 Å². The highest BCUT2D eigenvalue weighted by Gasteiger charge is 2.67. The van der Waals surface area contributed by atoms with Gasteiger partial charge in [0, 0.05) is 5.41 Å². The lowest BCUT2D eigenvalue weighted by atomic mass is 9.46. The molecule has 1 aliphatic heterocycles. The Balaban J connectivity index is 1.86. The number of hydrogen-bond donors (Lipinski definition) is 0. The predicted octanol–water partition coefficient (Wildman–Crippen LogP) is 3.80. The molecule has 0 aromatic heterocycles. The Kier molecular flexibility index (Phi) is 2.91. The van der Waals surface area contributed by atoms with Crippen molar-refractivity contribution < 1.29 is 9.59 Å². The number of fused-ring (bicyclic) bond motifs is 1. The van der Waals surface area contributed by atoms with E-state index in [0.717, 1.165) is 12.8 Å².